The highest BCUT2D eigenvalue weighted by Gasteiger charge is 2.54. The molecule has 3 aromatic carbocycles. The molecule has 3 N–H and O–H groups in total. The molecule has 9 nitrogen and oxygen atoms in total. The predicted octanol–water partition coefficient (Wildman–Crippen LogP) is 6.78. The fourth-order valence-electron chi connectivity index (χ4n) is 6.52. The van der Waals surface area contributed by atoms with E-state index >= 15 is 0 Å². The molecule has 0 radical (unpaired) electrons. The lowest BCUT2D eigenvalue weighted by Gasteiger charge is -2.45. The number of rotatable bonds is 10. The monoisotopic (exact) mass is 653 g/mol. The Morgan fingerprint density at radius 3 is 2.10 bits per heavy atom. The average molecular weight is 654 g/mol. The number of ether oxygens (including phenoxy) is 1. The van der Waals surface area contributed by atoms with Gasteiger partial charge in [0.25, 0.3) is 5.56 Å². The minimum atomic E-state index is -1.59. The number of aromatic nitrogens is 1. The number of anilines is 1. The van der Waals surface area contributed by atoms with Crippen molar-refractivity contribution in [2.75, 3.05) is 5.73 Å². The quantitative estimate of drug-likeness (QED) is 0.180. The van der Waals surface area contributed by atoms with Crippen molar-refractivity contribution in [2.45, 2.75) is 70.6 Å². The SMILES string of the molecule is CC(C)(C)OC(=O)N(Cc1ccc(-n2c(N)c(C(=O)c3ccc(F)cc3)ccc2=O)cc1)[C@](Cc1ccccc1)(C(=O)O)C1CCCC1. The van der Waals surface area contributed by atoms with Crippen LogP contribution in [0.1, 0.15) is 73.5 Å². The number of aliphatic carboxylic acids is 1. The van der Waals surface area contributed by atoms with Crippen molar-refractivity contribution in [1.82, 2.24) is 9.47 Å². The highest BCUT2D eigenvalue weighted by atomic mass is 19.1. The number of nitrogen functional groups attached to an aromatic ring is 1. The molecule has 0 spiro atoms. The van der Waals surface area contributed by atoms with Crippen LogP contribution in [0.2, 0.25) is 0 Å². The predicted molar refractivity (Wildman–Crippen MR) is 181 cm³/mol. The number of nitrogens with zero attached hydrogens (tertiary/aromatic N) is 2. The number of nitrogens with two attached hydrogens (primary N) is 1. The summed E-state index contributed by atoms with van der Waals surface area (Å²) in [5, 5.41) is 11.0. The average Bonchev–Trinajstić information content (AvgIpc) is 3.59. The van der Waals surface area contributed by atoms with Gasteiger partial charge in [0.05, 0.1) is 17.8 Å². The molecule has 0 saturated heterocycles. The summed E-state index contributed by atoms with van der Waals surface area (Å²) in [5.41, 5.74) is 5.48. The lowest BCUT2D eigenvalue weighted by atomic mass is 9.76. The molecular weight excluding hydrogens is 613 g/mol. The highest BCUT2D eigenvalue weighted by Crippen LogP contribution is 2.42. The normalized spacial score (nSPS) is 14.7. The van der Waals surface area contributed by atoms with Crippen molar-refractivity contribution < 1.29 is 28.6 Å². The number of hydrogen-bond acceptors (Lipinski definition) is 6. The number of halogens is 1. The van der Waals surface area contributed by atoms with Crippen LogP contribution in [0.4, 0.5) is 15.0 Å². The van der Waals surface area contributed by atoms with Crippen LogP contribution in [0, 0.1) is 11.7 Å². The summed E-state index contributed by atoms with van der Waals surface area (Å²) in [7, 11) is 0. The van der Waals surface area contributed by atoms with Gasteiger partial charge in [-0.15, -0.1) is 0 Å². The Balaban J connectivity index is 1.54. The number of carbonyl (C=O) groups excluding carboxylic acids is 2. The topological polar surface area (TPSA) is 132 Å². The molecule has 0 aliphatic heterocycles. The first-order chi connectivity index (χ1) is 22.8. The Morgan fingerprint density at radius 2 is 1.52 bits per heavy atom. The molecule has 250 valence electrons. The second-order valence-electron chi connectivity index (χ2n) is 13.2. The lowest BCUT2D eigenvalue weighted by molar-refractivity contribution is -0.156. The molecule has 1 aliphatic rings. The van der Waals surface area contributed by atoms with E-state index in [0.717, 1.165) is 18.4 Å². The zero-order valence-electron chi connectivity index (χ0n) is 27.3. The van der Waals surface area contributed by atoms with E-state index in [2.05, 4.69) is 0 Å². The minimum absolute atomic E-state index is 0.0711. The van der Waals surface area contributed by atoms with Crippen LogP contribution >= 0.6 is 0 Å². The summed E-state index contributed by atoms with van der Waals surface area (Å²) in [4.78, 5) is 55.0. The van der Waals surface area contributed by atoms with E-state index in [9.17, 15) is 28.7 Å². The van der Waals surface area contributed by atoms with Gasteiger partial charge < -0.3 is 15.6 Å². The van der Waals surface area contributed by atoms with Crippen LogP contribution in [0.25, 0.3) is 5.69 Å². The third-order valence-corrected chi connectivity index (χ3v) is 8.83. The van der Waals surface area contributed by atoms with Gasteiger partial charge in [-0.05, 0) is 93.1 Å². The second-order valence-corrected chi connectivity index (χ2v) is 13.2. The van der Waals surface area contributed by atoms with Crippen molar-refractivity contribution in [1.29, 1.82) is 0 Å². The zero-order valence-corrected chi connectivity index (χ0v) is 27.3. The number of hydrogen-bond donors (Lipinski definition) is 2. The molecular formula is C38H40FN3O6. The number of carbonyl (C=O) groups is 3. The maximum atomic E-state index is 14.0. The molecule has 1 aliphatic carbocycles. The van der Waals surface area contributed by atoms with E-state index in [1.54, 1.807) is 45.0 Å². The molecule has 1 heterocycles. The van der Waals surface area contributed by atoms with Gasteiger partial charge in [-0.3, -0.25) is 19.1 Å². The Labute approximate surface area is 278 Å². The standard InChI is InChI=1S/C38H40FN3O6/c1-37(2,3)48-36(47)41(38(35(45)46,28-11-7-8-12-28)23-25-9-5-4-6-10-25)24-26-13-19-30(20-14-26)42-32(43)22-21-31(34(42)40)33(44)27-15-17-29(39)18-16-27/h4-6,9-10,13-22,28H,7-8,11-12,23-24,40H2,1-3H3,(H,45,46)/t38-/m0/s1. The number of pyridine rings is 1. The summed E-state index contributed by atoms with van der Waals surface area (Å²) in [6.07, 6.45) is 2.42. The first-order valence-electron chi connectivity index (χ1n) is 16.0. The van der Waals surface area contributed by atoms with Crippen LogP contribution in [-0.4, -0.2) is 43.6 Å². The Bertz CT molecular complexity index is 1840. The summed E-state index contributed by atoms with van der Waals surface area (Å²) in [6.45, 7) is 5.15. The van der Waals surface area contributed by atoms with Gasteiger partial charge in [-0.1, -0.05) is 55.3 Å². The fourth-order valence-corrected chi connectivity index (χ4v) is 6.52. The van der Waals surface area contributed by atoms with Crippen LogP contribution in [0.3, 0.4) is 0 Å². The molecule has 0 bridgehead atoms. The molecule has 0 unspecified atom stereocenters. The van der Waals surface area contributed by atoms with E-state index in [1.165, 1.54) is 45.9 Å². The molecule has 5 rings (SSSR count). The molecule has 1 amide bonds. The number of carboxylic acid groups (broad SMARTS) is 1. The maximum Gasteiger partial charge on any atom is 0.411 e. The van der Waals surface area contributed by atoms with E-state index in [-0.39, 0.29) is 35.8 Å². The molecule has 1 saturated carbocycles. The van der Waals surface area contributed by atoms with Crippen molar-refractivity contribution in [3.8, 4) is 5.69 Å². The van der Waals surface area contributed by atoms with Gasteiger partial charge in [0.15, 0.2) is 11.3 Å². The van der Waals surface area contributed by atoms with Gasteiger partial charge in [0, 0.05) is 18.1 Å². The van der Waals surface area contributed by atoms with Gasteiger partial charge in [-0.25, -0.2) is 14.0 Å². The van der Waals surface area contributed by atoms with E-state index < -0.39 is 40.4 Å². The van der Waals surface area contributed by atoms with E-state index in [0.29, 0.717) is 24.1 Å². The van der Waals surface area contributed by atoms with Crippen LogP contribution in [0.15, 0.2) is 95.8 Å². The molecule has 1 atom stereocenters. The molecule has 4 aromatic rings. The minimum Gasteiger partial charge on any atom is -0.479 e. The number of amides is 1. The molecule has 1 fully saturated rings. The molecule has 10 heteroatoms. The van der Waals surface area contributed by atoms with Crippen LogP contribution in [-0.2, 0) is 22.5 Å². The Morgan fingerprint density at radius 1 is 0.896 bits per heavy atom. The van der Waals surface area contributed by atoms with Gasteiger partial charge in [0.1, 0.15) is 17.2 Å². The van der Waals surface area contributed by atoms with Gasteiger partial charge >= 0.3 is 12.1 Å². The molecule has 48 heavy (non-hydrogen) atoms. The van der Waals surface area contributed by atoms with Crippen LogP contribution in [0.5, 0.6) is 0 Å². The lowest BCUT2D eigenvalue weighted by Crippen LogP contribution is -2.62. The number of ketones is 1. The smallest absolute Gasteiger partial charge is 0.411 e. The van der Waals surface area contributed by atoms with Crippen molar-refractivity contribution >= 4 is 23.7 Å². The first kappa shape index (κ1) is 34.1. The molecule has 1 aromatic heterocycles. The fraction of sp³-hybridized carbons (Fsp3) is 0.316. The Hall–Kier alpha value is -5.25. The van der Waals surface area contributed by atoms with Gasteiger partial charge in [-0.2, -0.15) is 0 Å². The first-order valence-corrected chi connectivity index (χ1v) is 16.0. The van der Waals surface area contributed by atoms with Crippen molar-refractivity contribution in [3.63, 3.8) is 0 Å². The van der Waals surface area contributed by atoms with E-state index in [1.807, 2.05) is 30.3 Å². The highest BCUT2D eigenvalue weighted by molar-refractivity contribution is 6.11. The van der Waals surface area contributed by atoms with Crippen LogP contribution < -0.4 is 11.3 Å². The number of benzene rings is 3. The Kier molecular flexibility index (Phi) is 9.84. The summed E-state index contributed by atoms with van der Waals surface area (Å²) >= 11 is 0. The summed E-state index contributed by atoms with van der Waals surface area (Å²) in [6, 6.07) is 23.5. The van der Waals surface area contributed by atoms with Crippen molar-refractivity contribution in [2.24, 2.45) is 5.92 Å². The third kappa shape index (κ3) is 7.17. The van der Waals surface area contributed by atoms with Gasteiger partial charge in [0.2, 0.25) is 0 Å². The largest absolute Gasteiger partial charge is 0.479 e. The van der Waals surface area contributed by atoms with Crippen molar-refractivity contribution in [3.05, 3.63) is 129 Å². The maximum absolute atomic E-state index is 14.0. The van der Waals surface area contributed by atoms with E-state index in [4.69, 9.17) is 10.5 Å². The second kappa shape index (κ2) is 13.9. The zero-order chi connectivity index (χ0) is 34.6. The number of carboxylic acids is 1. The third-order valence-electron chi connectivity index (χ3n) is 8.83. The summed E-state index contributed by atoms with van der Waals surface area (Å²) in [5.74, 6) is -2.45. The summed E-state index contributed by atoms with van der Waals surface area (Å²) < 4.78 is 20.5.